The van der Waals surface area contributed by atoms with Crippen molar-refractivity contribution in [2.75, 3.05) is 26.7 Å². The third kappa shape index (κ3) is 3.26. The van der Waals surface area contributed by atoms with E-state index in [2.05, 4.69) is 21.1 Å². The molecular weight excluding hydrogens is 380 g/mol. The Bertz CT molecular complexity index is 903. The first-order chi connectivity index (χ1) is 13.4. The lowest BCUT2D eigenvalue weighted by Crippen LogP contribution is -2.60. The monoisotopic (exact) mass is 406 g/mol. The van der Waals surface area contributed by atoms with Crippen molar-refractivity contribution in [2.45, 2.75) is 49.8 Å². The largest absolute Gasteiger partial charge is 0.378 e. The van der Waals surface area contributed by atoms with Crippen LogP contribution in [-0.4, -0.2) is 66.7 Å². The Morgan fingerprint density at radius 2 is 2.00 bits per heavy atom. The molecule has 0 bridgehead atoms. The van der Waals surface area contributed by atoms with E-state index in [0.29, 0.717) is 30.6 Å². The van der Waals surface area contributed by atoms with Gasteiger partial charge >= 0.3 is 0 Å². The Balaban J connectivity index is 1.46. The average Bonchev–Trinajstić information content (AvgIpc) is 3.01. The summed E-state index contributed by atoms with van der Waals surface area (Å²) in [6.45, 7) is 5.15. The van der Waals surface area contributed by atoms with Crippen LogP contribution >= 0.6 is 0 Å². The molecule has 0 aliphatic carbocycles. The van der Waals surface area contributed by atoms with E-state index in [0.717, 1.165) is 24.9 Å². The first kappa shape index (κ1) is 19.5. The molecule has 2 aliphatic heterocycles. The molecular formula is C19H26N4O4S. The van der Waals surface area contributed by atoms with Crippen molar-refractivity contribution >= 4 is 10.0 Å². The van der Waals surface area contributed by atoms with Crippen molar-refractivity contribution in [2.24, 2.45) is 0 Å². The predicted octanol–water partition coefficient (Wildman–Crippen LogP) is 1.91. The van der Waals surface area contributed by atoms with Crippen molar-refractivity contribution in [3.05, 3.63) is 41.5 Å². The minimum Gasteiger partial charge on any atom is -0.378 e. The number of hydrogen-bond acceptors (Lipinski definition) is 7. The van der Waals surface area contributed by atoms with Crippen molar-refractivity contribution in [1.29, 1.82) is 0 Å². The molecule has 4 rings (SSSR count). The standard InChI is InChI=1S/C19H26N4O4S/c1-13-19(14(2)27-21-13)28(24,25)22-9-6-16(7-10-22)23-12-17(26-3)18(23)15-5-4-8-20-11-15/h4-5,8,11,16-18H,6-7,9-10,12H2,1-3H3/t17-,18-/m0/s1. The molecule has 28 heavy (non-hydrogen) atoms. The van der Waals surface area contributed by atoms with Crippen molar-refractivity contribution < 1.29 is 17.7 Å². The third-order valence-electron chi connectivity index (χ3n) is 5.89. The normalized spacial score (nSPS) is 25.0. The molecule has 0 N–H and O–H groups in total. The highest BCUT2D eigenvalue weighted by Crippen LogP contribution is 2.39. The van der Waals surface area contributed by atoms with Gasteiger partial charge in [0.05, 0.1) is 12.1 Å². The highest BCUT2D eigenvalue weighted by atomic mass is 32.2. The number of aryl methyl sites for hydroxylation is 2. The number of hydrogen-bond donors (Lipinski definition) is 0. The van der Waals surface area contributed by atoms with Gasteiger partial charge < -0.3 is 9.26 Å². The minimum absolute atomic E-state index is 0.147. The van der Waals surface area contributed by atoms with Gasteiger partial charge in [-0.1, -0.05) is 11.2 Å². The molecule has 9 heteroatoms. The maximum absolute atomic E-state index is 13.0. The van der Waals surface area contributed by atoms with Crippen LogP contribution in [0.15, 0.2) is 33.9 Å². The first-order valence-electron chi connectivity index (χ1n) is 9.55. The number of nitrogens with zero attached hydrogens (tertiary/aromatic N) is 4. The molecule has 0 amide bonds. The van der Waals surface area contributed by atoms with Gasteiger partial charge in [0.15, 0.2) is 5.76 Å². The van der Waals surface area contributed by atoms with Gasteiger partial charge in [-0.15, -0.1) is 0 Å². The molecule has 2 aliphatic rings. The summed E-state index contributed by atoms with van der Waals surface area (Å²) in [5.41, 5.74) is 1.56. The summed E-state index contributed by atoms with van der Waals surface area (Å²) in [5.74, 6) is 0.349. The topological polar surface area (TPSA) is 88.8 Å². The molecule has 0 radical (unpaired) electrons. The van der Waals surface area contributed by atoms with Gasteiger partial charge in [0.1, 0.15) is 10.6 Å². The van der Waals surface area contributed by atoms with Crippen LogP contribution in [0, 0.1) is 13.8 Å². The number of sulfonamides is 1. The number of methoxy groups -OCH3 is 1. The molecule has 2 fully saturated rings. The Kier molecular flexibility index (Phi) is 5.26. The number of ether oxygens (including phenoxy) is 1. The number of pyridine rings is 1. The molecule has 0 spiro atoms. The van der Waals surface area contributed by atoms with Gasteiger partial charge in [0, 0.05) is 45.2 Å². The van der Waals surface area contributed by atoms with E-state index < -0.39 is 10.0 Å². The molecule has 8 nitrogen and oxygen atoms in total. The maximum atomic E-state index is 13.0. The highest BCUT2D eigenvalue weighted by molar-refractivity contribution is 7.89. The van der Waals surface area contributed by atoms with E-state index in [1.807, 2.05) is 12.3 Å². The summed E-state index contributed by atoms with van der Waals surface area (Å²) >= 11 is 0. The smallest absolute Gasteiger partial charge is 0.248 e. The molecule has 152 valence electrons. The van der Waals surface area contributed by atoms with E-state index in [9.17, 15) is 8.42 Å². The summed E-state index contributed by atoms with van der Waals surface area (Å²) in [6.07, 6.45) is 5.38. The van der Waals surface area contributed by atoms with Gasteiger partial charge in [0.2, 0.25) is 10.0 Å². The zero-order chi connectivity index (χ0) is 19.9. The Morgan fingerprint density at radius 3 is 2.57 bits per heavy atom. The lowest BCUT2D eigenvalue weighted by atomic mass is 9.88. The maximum Gasteiger partial charge on any atom is 0.248 e. The second kappa shape index (κ2) is 7.55. The zero-order valence-corrected chi connectivity index (χ0v) is 17.2. The molecule has 4 heterocycles. The fourth-order valence-corrected chi connectivity index (χ4v) is 6.18. The first-order valence-corrected chi connectivity index (χ1v) is 11.0. The third-order valence-corrected chi connectivity index (χ3v) is 8.03. The molecule has 2 aromatic rings. The van der Waals surface area contributed by atoms with Crippen LogP contribution < -0.4 is 0 Å². The predicted molar refractivity (Wildman–Crippen MR) is 102 cm³/mol. The second-order valence-corrected chi connectivity index (χ2v) is 9.37. The van der Waals surface area contributed by atoms with Gasteiger partial charge in [-0.2, -0.15) is 4.31 Å². The number of aromatic nitrogens is 2. The van der Waals surface area contributed by atoms with Crippen LogP contribution in [0.2, 0.25) is 0 Å². The highest BCUT2D eigenvalue weighted by Gasteiger charge is 2.45. The fourth-order valence-electron chi connectivity index (χ4n) is 4.42. The molecule has 2 atom stereocenters. The Hall–Kier alpha value is -1.81. The Morgan fingerprint density at radius 1 is 1.25 bits per heavy atom. The van der Waals surface area contributed by atoms with Crippen LogP contribution in [0.4, 0.5) is 0 Å². The van der Waals surface area contributed by atoms with Crippen molar-refractivity contribution in [3.8, 4) is 0 Å². The molecule has 0 aromatic carbocycles. The summed E-state index contributed by atoms with van der Waals surface area (Å²) in [5, 5.41) is 3.80. The van der Waals surface area contributed by atoms with Crippen LogP contribution in [0.5, 0.6) is 0 Å². The van der Waals surface area contributed by atoms with E-state index >= 15 is 0 Å². The van der Waals surface area contributed by atoms with Crippen LogP contribution in [0.3, 0.4) is 0 Å². The molecule has 0 saturated carbocycles. The average molecular weight is 407 g/mol. The van der Waals surface area contributed by atoms with E-state index in [4.69, 9.17) is 9.26 Å². The zero-order valence-electron chi connectivity index (χ0n) is 16.4. The van der Waals surface area contributed by atoms with E-state index in [1.54, 1.807) is 31.5 Å². The molecule has 2 aromatic heterocycles. The van der Waals surface area contributed by atoms with Gasteiger partial charge in [-0.3, -0.25) is 9.88 Å². The van der Waals surface area contributed by atoms with E-state index in [1.165, 1.54) is 0 Å². The number of likely N-dealkylation sites (tertiary alicyclic amines) is 1. The van der Waals surface area contributed by atoms with Crippen LogP contribution in [-0.2, 0) is 14.8 Å². The summed E-state index contributed by atoms with van der Waals surface area (Å²) in [7, 11) is -1.83. The number of rotatable bonds is 5. The van der Waals surface area contributed by atoms with Crippen LogP contribution in [0.25, 0.3) is 0 Å². The summed E-state index contributed by atoms with van der Waals surface area (Å²) in [4.78, 5) is 6.87. The minimum atomic E-state index is -3.58. The van der Waals surface area contributed by atoms with Gasteiger partial charge in [-0.05, 0) is 38.3 Å². The second-order valence-electron chi connectivity index (χ2n) is 7.49. The fraction of sp³-hybridized carbons (Fsp3) is 0.579. The van der Waals surface area contributed by atoms with Crippen LogP contribution in [0.1, 0.15) is 35.9 Å². The van der Waals surface area contributed by atoms with Gasteiger partial charge in [-0.25, -0.2) is 8.42 Å². The SMILES string of the molecule is CO[C@H]1CN(C2CCN(S(=O)(=O)c3c(C)noc3C)CC2)[C@H]1c1cccnc1. The quantitative estimate of drug-likeness (QED) is 0.749. The van der Waals surface area contributed by atoms with Crippen molar-refractivity contribution in [1.82, 2.24) is 19.3 Å². The lowest BCUT2D eigenvalue weighted by molar-refractivity contribution is -0.114. The summed E-state index contributed by atoms with van der Waals surface area (Å²) in [6, 6.07) is 4.52. The van der Waals surface area contributed by atoms with Gasteiger partial charge in [0.25, 0.3) is 0 Å². The number of piperidine rings is 1. The lowest BCUT2D eigenvalue weighted by Gasteiger charge is -2.52. The van der Waals surface area contributed by atoms with Crippen molar-refractivity contribution in [3.63, 3.8) is 0 Å². The summed E-state index contributed by atoms with van der Waals surface area (Å²) < 4.78 is 38.3. The molecule has 0 unspecified atom stereocenters. The Labute approximate surface area is 165 Å². The van der Waals surface area contributed by atoms with E-state index in [-0.39, 0.29) is 17.0 Å². The molecule has 2 saturated heterocycles.